The van der Waals surface area contributed by atoms with E-state index in [2.05, 4.69) is 10.5 Å². The van der Waals surface area contributed by atoms with Crippen LogP contribution in [0, 0.1) is 0 Å². The summed E-state index contributed by atoms with van der Waals surface area (Å²) in [6, 6.07) is 7.58. The molecular weight excluding hydrogens is 152 g/mol. The van der Waals surface area contributed by atoms with E-state index in [4.69, 9.17) is 4.74 Å². The van der Waals surface area contributed by atoms with Gasteiger partial charge in [0.25, 0.3) is 0 Å². The molecule has 0 amide bonds. The van der Waals surface area contributed by atoms with E-state index in [1.807, 2.05) is 31.2 Å². The van der Waals surface area contributed by atoms with Crippen LogP contribution in [0.25, 0.3) is 0 Å². The average molecular weight is 164 g/mol. The highest BCUT2D eigenvalue weighted by Gasteiger charge is 1.90. The fourth-order valence-electron chi connectivity index (χ4n) is 0.805. The molecule has 0 saturated heterocycles. The Morgan fingerprint density at radius 3 is 2.50 bits per heavy atom. The van der Waals surface area contributed by atoms with Crippen LogP contribution in [0.3, 0.4) is 0 Å². The van der Waals surface area contributed by atoms with Crippen LogP contribution in [0.15, 0.2) is 29.4 Å². The van der Waals surface area contributed by atoms with Crippen molar-refractivity contribution in [1.29, 1.82) is 0 Å². The molecule has 0 aliphatic heterocycles. The average Bonchev–Trinajstić information content (AvgIpc) is 2.15. The summed E-state index contributed by atoms with van der Waals surface area (Å²) in [6.45, 7) is 1.86. The highest BCUT2D eigenvalue weighted by molar-refractivity contribution is 5.56. The maximum Gasteiger partial charge on any atom is 0.119 e. The van der Waals surface area contributed by atoms with E-state index in [1.54, 1.807) is 13.3 Å². The summed E-state index contributed by atoms with van der Waals surface area (Å²) in [5, 5.41) is 3.88. The smallest absolute Gasteiger partial charge is 0.119 e. The molecule has 1 N–H and O–H groups in total. The maximum absolute atomic E-state index is 5.01. The van der Waals surface area contributed by atoms with Crippen molar-refractivity contribution in [2.45, 2.75) is 6.92 Å². The van der Waals surface area contributed by atoms with E-state index in [1.165, 1.54) is 0 Å². The van der Waals surface area contributed by atoms with Gasteiger partial charge < -0.3 is 4.74 Å². The number of hydrazone groups is 1. The van der Waals surface area contributed by atoms with E-state index in [9.17, 15) is 0 Å². The van der Waals surface area contributed by atoms with Crippen LogP contribution in [-0.4, -0.2) is 13.3 Å². The molecule has 12 heavy (non-hydrogen) atoms. The Morgan fingerprint density at radius 1 is 1.33 bits per heavy atom. The molecule has 0 aliphatic carbocycles. The van der Waals surface area contributed by atoms with Gasteiger partial charge in [-0.05, 0) is 31.2 Å². The lowest BCUT2D eigenvalue weighted by Crippen LogP contribution is -1.88. The van der Waals surface area contributed by atoms with E-state index in [-0.39, 0.29) is 0 Å². The molecular formula is C9H12N2O. The van der Waals surface area contributed by atoms with E-state index in [0.29, 0.717) is 0 Å². The summed E-state index contributed by atoms with van der Waals surface area (Å²) in [7, 11) is 1.65. The quantitative estimate of drug-likeness (QED) is 0.548. The first kappa shape index (κ1) is 8.59. The predicted octanol–water partition coefficient (Wildman–Crippen LogP) is 2.11. The van der Waals surface area contributed by atoms with Gasteiger partial charge >= 0.3 is 0 Å². The van der Waals surface area contributed by atoms with Gasteiger partial charge in [0, 0.05) is 6.21 Å². The summed E-state index contributed by atoms with van der Waals surface area (Å²) in [5.74, 6) is 0.848. The third-order valence-corrected chi connectivity index (χ3v) is 1.41. The first-order chi connectivity index (χ1) is 5.86. The zero-order valence-corrected chi connectivity index (χ0v) is 7.24. The van der Waals surface area contributed by atoms with Crippen LogP contribution < -0.4 is 10.2 Å². The highest BCUT2D eigenvalue weighted by atomic mass is 16.5. The minimum absolute atomic E-state index is 0.848. The number of nitrogens with one attached hydrogen (secondary N) is 1. The van der Waals surface area contributed by atoms with Crippen molar-refractivity contribution in [3.63, 3.8) is 0 Å². The van der Waals surface area contributed by atoms with Gasteiger partial charge in [0.05, 0.1) is 12.8 Å². The fourth-order valence-corrected chi connectivity index (χ4v) is 0.805. The largest absolute Gasteiger partial charge is 0.497 e. The molecule has 64 valence electrons. The number of benzene rings is 1. The second-order valence-corrected chi connectivity index (χ2v) is 2.23. The third kappa shape index (κ3) is 2.27. The Kier molecular flexibility index (Phi) is 3.14. The number of hydrogen-bond donors (Lipinski definition) is 1. The van der Waals surface area contributed by atoms with E-state index < -0.39 is 0 Å². The minimum atomic E-state index is 0.848. The van der Waals surface area contributed by atoms with Gasteiger partial charge in [-0.25, -0.2) is 0 Å². The number of hydrogen-bond acceptors (Lipinski definition) is 3. The number of rotatable bonds is 3. The Morgan fingerprint density at radius 2 is 2.00 bits per heavy atom. The van der Waals surface area contributed by atoms with Gasteiger partial charge in [0.15, 0.2) is 0 Å². The van der Waals surface area contributed by atoms with Crippen molar-refractivity contribution >= 4 is 11.9 Å². The van der Waals surface area contributed by atoms with Gasteiger partial charge in [-0.3, -0.25) is 5.43 Å². The lowest BCUT2D eigenvalue weighted by atomic mass is 10.3. The highest BCUT2D eigenvalue weighted by Crippen LogP contribution is 2.14. The predicted molar refractivity (Wildman–Crippen MR) is 50.8 cm³/mol. The zero-order valence-electron chi connectivity index (χ0n) is 7.24. The molecule has 0 aliphatic rings. The third-order valence-electron chi connectivity index (χ3n) is 1.41. The standard InChI is InChI=1S/C9H12N2O/c1-3-10-11-8-4-6-9(12-2)7-5-8/h3-7,11H,1-2H3/b10-3-. The summed E-state index contributed by atoms with van der Waals surface area (Å²) >= 11 is 0. The first-order valence-corrected chi connectivity index (χ1v) is 3.74. The summed E-state index contributed by atoms with van der Waals surface area (Å²) < 4.78 is 5.01. The fraction of sp³-hybridized carbons (Fsp3) is 0.222. The molecule has 1 aromatic carbocycles. The zero-order chi connectivity index (χ0) is 8.81. The second kappa shape index (κ2) is 4.38. The molecule has 0 radical (unpaired) electrons. The Labute approximate surface area is 72.1 Å². The van der Waals surface area contributed by atoms with Crippen molar-refractivity contribution in [3.8, 4) is 5.75 Å². The van der Waals surface area contributed by atoms with Gasteiger partial charge in [-0.1, -0.05) is 0 Å². The summed E-state index contributed by atoms with van der Waals surface area (Å²) in [6.07, 6.45) is 1.70. The summed E-state index contributed by atoms with van der Waals surface area (Å²) in [5.41, 5.74) is 3.81. The van der Waals surface area contributed by atoms with E-state index >= 15 is 0 Å². The van der Waals surface area contributed by atoms with Crippen molar-refractivity contribution in [2.75, 3.05) is 12.5 Å². The Balaban J connectivity index is 2.64. The SMILES string of the molecule is C/C=N\Nc1ccc(OC)cc1. The molecule has 0 heterocycles. The maximum atomic E-state index is 5.01. The molecule has 1 aromatic rings. The first-order valence-electron chi connectivity index (χ1n) is 3.74. The van der Waals surface area contributed by atoms with Crippen LogP contribution in [0.5, 0.6) is 5.75 Å². The van der Waals surface area contributed by atoms with Crippen LogP contribution in [0.4, 0.5) is 5.69 Å². The molecule has 1 rings (SSSR count). The molecule has 0 bridgehead atoms. The molecule has 3 heteroatoms. The van der Waals surface area contributed by atoms with Crippen molar-refractivity contribution in [2.24, 2.45) is 5.10 Å². The van der Waals surface area contributed by atoms with Crippen LogP contribution in [-0.2, 0) is 0 Å². The Hall–Kier alpha value is -1.51. The number of nitrogens with zero attached hydrogens (tertiary/aromatic N) is 1. The van der Waals surface area contributed by atoms with Crippen molar-refractivity contribution in [3.05, 3.63) is 24.3 Å². The topological polar surface area (TPSA) is 33.6 Å². The molecule has 0 spiro atoms. The van der Waals surface area contributed by atoms with Crippen LogP contribution in [0.2, 0.25) is 0 Å². The number of methoxy groups -OCH3 is 1. The molecule has 0 fully saturated rings. The van der Waals surface area contributed by atoms with Gasteiger partial charge in [0.1, 0.15) is 5.75 Å². The molecule has 0 unspecified atom stereocenters. The van der Waals surface area contributed by atoms with E-state index in [0.717, 1.165) is 11.4 Å². The summed E-state index contributed by atoms with van der Waals surface area (Å²) in [4.78, 5) is 0. The number of ether oxygens (including phenoxy) is 1. The molecule has 0 atom stereocenters. The van der Waals surface area contributed by atoms with Crippen LogP contribution >= 0.6 is 0 Å². The lowest BCUT2D eigenvalue weighted by molar-refractivity contribution is 0.415. The Bertz CT molecular complexity index is 254. The minimum Gasteiger partial charge on any atom is -0.497 e. The normalized spacial score (nSPS) is 10.2. The van der Waals surface area contributed by atoms with Crippen molar-refractivity contribution < 1.29 is 4.74 Å². The van der Waals surface area contributed by atoms with Gasteiger partial charge in [-0.2, -0.15) is 5.10 Å². The molecule has 0 saturated carbocycles. The number of anilines is 1. The lowest BCUT2D eigenvalue weighted by Gasteiger charge is -2.01. The molecule has 3 nitrogen and oxygen atoms in total. The molecule has 0 aromatic heterocycles. The van der Waals surface area contributed by atoms with Crippen LogP contribution in [0.1, 0.15) is 6.92 Å². The van der Waals surface area contributed by atoms with Gasteiger partial charge in [0.2, 0.25) is 0 Å². The second-order valence-electron chi connectivity index (χ2n) is 2.23. The monoisotopic (exact) mass is 164 g/mol. The van der Waals surface area contributed by atoms with Crippen molar-refractivity contribution in [1.82, 2.24) is 0 Å². The van der Waals surface area contributed by atoms with Gasteiger partial charge in [-0.15, -0.1) is 0 Å².